The molecule has 0 aliphatic heterocycles. The largest absolute Gasteiger partial charge is 0.545 e. The molecule has 0 aromatic rings. The molecular weight excluding hydrogens is 242 g/mol. The Balaban J connectivity index is 0. The molecular formula is C15H29NO3. The molecule has 0 aromatic heterocycles. The number of aliphatic carboxylic acids is 1. The predicted octanol–water partition coefficient (Wildman–Crippen LogP) is 1.11. The Morgan fingerprint density at radius 1 is 1.21 bits per heavy atom. The van der Waals surface area contributed by atoms with Gasteiger partial charge in [-0.05, 0) is 39.7 Å². The van der Waals surface area contributed by atoms with Crippen molar-refractivity contribution < 1.29 is 19.5 Å². The van der Waals surface area contributed by atoms with Crippen molar-refractivity contribution in [1.82, 2.24) is 0 Å². The summed E-state index contributed by atoms with van der Waals surface area (Å²) in [7, 11) is 6.16. The third-order valence-corrected chi connectivity index (χ3v) is 2.23. The molecule has 0 heterocycles. The second kappa shape index (κ2) is 10.8. The van der Waals surface area contributed by atoms with Gasteiger partial charge < -0.3 is 19.5 Å². The van der Waals surface area contributed by atoms with Gasteiger partial charge in [0.1, 0.15) is 6.54 Å². The van der Waals surface area contributed by atoms with Crippen molar-refractivity contribution in [2.75, 3.05) is 34.3 Å². The van der Waals surface area contributed by atoms with E-state index in [1.807, 2.05) is 13.8 Å². The Morgan fingerprint density at radius 2 is 1.74 bits per heavy atom. The van der Waals surface area contributed by atoms with Gasteiger partial charge in [0.05, 0.1) is 33.7 Å². The highest BCUT2D eigenvalue weighted by Crippen LogP contribution is 2.05. The molecule has 19 heavy (non-hydrogen) atoms. The molecule has 4 heteroatoms. The highest BCUT2D eigenvalue weighted by atomic mass is 16.4. The molecule has 0 fully saturated rings. The summed E-state index contributed by atoms with van der Waals surface area (Å²) >= 11 is 0. The van der Waals surface area contributed by atoms with Crippen molar-refractivity contribution in [2.24, 2.45) is 0 Å². The van der Waals surface area contributed by atoms with Crippen LogP contribution in [-0.2, 0) is 4.79 Å². The first kappa shape index (κ1) is 20.2. The van der Waals surface area contributed by atoms with Crippen molar-refractivity contribution in [1.29, 1.82) is 0 Å². The van der Waals surface area contributed by atoms with Crippen LogP contribution in [0.2, 0.25) is 0 Å². The van der Waals surface area contributed by atoms with Crippen LogP contribution in [0, 0.1) is 0 Å². The fourth-order valence-corrected chi connectivity index (χ4v) is 1.16. The van der Waals surface area contributed by atoms with Crippen molar-refractivity contribution in [2.45, 2.75) is 33.6 Å². The van der Waals surface area contributed by atoms with Crippen LogP contribution in [0.25, 0.3) is 0 Å². The van der Waals surface area contributed by atoms with E-state index in [1.165, 1.54) is 5.57 Å². The lowest BCUT2D eigenvalue weighted by Gasteiger charge is -2.21. The zero-order valence-electron chi connectivity index (χ0n) is 13.2. The van der Waals surface area contributed by atoms with E-state index in [9.17, 15) is 9.90 Å². The second-order valence-corrected chi connectivity index (χ2v) is 5.87. The normalized spacial score (nSPS) is 11.4. The van der Waals surface area contributed by atoms with Crippen molar-refractivity contribution >= 4 is 5.97 Å². The standard InChI is InChI=1S/C10H16O2.C5H14NO/c1-8(2)5-4-6-9(3)7-10(11)12;1-6(2,3)4-5-7/h5,7H,4,6H2,1-3H3,(H,11,12);7H,4-5H2,1-3H3/q;+1/p-1/b9-7+;. The third-order valence-electron chi connectivity index (χ3n) is 2.23. The highest BCUT2D eigenvalue weighted by Gasteiger charge is 2.02. The number of quaternary nitrogens is 1. The first-order chi connectivity index (χ1) is 8.58. The van der Waals surface area contributed by atoms with Gasteiger partial charge in [0.2, 0.25) is 0 Å². The van der Waals surface area contributed by atoms with Crippen LogP contribution in [-0.4, -0.2) is 49.9 Å². The molecule has 0 aromatic carbocycles. The summed E-state index contributed by atoms with van der Waals surface area (Å²) in [6, 6.07) is 0. The number of carboxylic acid groups (broad SMARTS) is 1. The van der Waals surface area contributed by atoms with E-state index >= 15 is 0 Å². The molecule has 1 N–H and O–H groups in total. The van der Waals surface area contributed by atoms with Crippen LogP contribution in [0.5, 0.6) is 0 Å². The summed E-state index contributed by atoms with van der Waals surface area (Å²) in [5.74, 6) is -1.11. The van der Waals surface area contributed by atoms with E-state index < -0.39 is 5.97 Å². The molecule has 4 nitrogen and oxygen atoms in total. The topological polar surface area (TPSA) is 60.4 Å². The Bertz CT molecular complexity index is 308. The fourth-order valence-electron chi connectivity index (χ4n) is 1.16. The first-order valence-corrected chi connectivity index (χ1v) is 6.51. The van der Waals surface area contributed by atoms with E-state index in [0.717, 1.165) is 35.5 Å². The van der Waals surface area contributed by atoms with E-state index in [0.29, 0.717) is 0 Å². The fraction of sp³-hybridized carbons (Fsp3) is 0.667. The number of allylic oxidation sites excluding steroid dienone is 3. The third kappa shape index (κ3) is 22.5. The number of aliphatic hydroxyl groups excluding tert-OH is 1. The van der Waals surface area contributed by atoms with E-state index in [4.69, 9.17) is 5.11 Å². The molecule has 0 unspecified atom stereocenters. The van der Waals surface area contributed by atoms with Crippen LogP contribution < -0.4 is 5.11 Å². The van der Waals surface area contributed by atoms with E-state index in [-0.39, 0.29) is 6.61 Å². The van der Waals surface area contributed by atoms with Gasteiger partial charge in [-0.25, -0.2) is 0 Å². The van der Waals surface area contributed by atoms with Gasteiger partial charge in [0, 0.05) is 0 Å². The maximum absolute atomic E-state index is 10.1. The Hall–Kier alpha value is -1.13. The van der Waals surface area contributed by atoms with Gasteiger partial charge in [0.25, 0.3) is 0 Å². The number of nitrogens with zero attached hydrogens (tertiary/aromatic N) is 1. The predicted molar refractivity (Wildman–Crippen MR) is 77.4 cm³/mol. The van der Waals surface area contributed by atoms with E-state index in [2.05, 4.69) is 27.2 Å². The number of likely N-dealkylation sites (N-methyl/N-ethyl adjacent to an activating group) is 1. The average molecular weight is 271 g/mol. The Kier molecular flexibility index (Phi) is 11.4. The molecule has 0 aliphatic carbocycles. The molecule has 0 rings (SSSR count). The lowest BCUT2D eigenvalue weighted by molar-refractivity contribution is -0.870. The van der Waals surface area contributed by atoms with Crippen LogP contribution in [0.15, 0.2) is 23.3 Å². The van der Waals surface area contributed by atoms with Gasteiger partial charge in [-0.1, -0.05) is 17.2 Å². The molecule has 0 aliphatic rings. The van der Waals surface area contributed by atoms with Crippen LogP contribution in [0.1, 0.15) is 33.6 Å². The zero-order valence-corrected chi connectivity index (χ0v) is 13.2. The van der Waals surface area contributed by atoms with Gasteiger partial charge in [-0.3, -0.25) is 0 Å². The monoisotopic (exact) mass is 271 g/mol. The van der Waals surface area contributed by atoms with Crippen molar-refractivity contribution in [3.8, 4) is 0 Å². The smallest absolute Gasteiger partial charge is 0.101 e. The number of rotatable bonds is 6. The van der Waals surface area contributed by atoms with Gasteiger partial charge in [-0.2, -0.15) is 0 Å². The lowest BCUT2D eigenvalue weighted by Crippen LogP contribution is -2.36. The number of carbonyl (C=O) groups excluding carboxylic acids is 1. The Morgan fingerprint density at radius 3 is 2.00 bits per heavy atom. The number of hydrogen-bond donors (Lipinski definition) is 1. The maximum Gasteiger partial charge on any atom is 0.101 e. The molecule has 0 saturated carbocycles. The number of carbonyl (C=O) groups is 1. The average Bonchev–Trinajstić information content (AvgIpc) is 2.14. The SMILES string of the molecule is CC(C)=CCC/C(C)=C/C(=O)[O-].C[N+](C)(C)CCO. The second-order valence-electron chi connectivity index (χ2n) is 5.87. The van der Waals surface area contributed by atoms with Crippen LogP contribution in [0.4, 0.5) is 0 Å². The molecule has 0 amide bonds. The minimum atomic E-state index is -1.11. The minimum Gasteiger partial charge on any atom is -0.545 e. The van der Waals surface area contributed by atoms with Crippen LogP contribution in [0.3, 0.4) is 0 Å². The summed E-state index contributed by atoms with van der Waals surface area (Å²) in [5.41, 5.74) is 2.11. The van der Waals surface area contributed by atoms with E-state index in [1.54, 1.807) is 6.92 Å². The molecule has 0 bridgehead atoms. The molecule has 0 saturated heterocycles. The van der Waals surface area contributed by atoms with Crippen LogP contribution >= 0.6 is 0 Å². The van der Waals surface area contributed by atoms with Crippen molar-refractivity contribution in [3.63, 3.8) is 0 Å². The maximum atomic E-state index is 10.1. The number of aliphatic hydroxyl groups is 1. The summed E-state index contributed by atoms with van der Waals surface area (Å²) in [5, 5.41) is 18.5. The number of hydrogen-bond acceptors (Lipinski definition) is 3. The van der Waals surface area contributed by atoms with Gasteiger partial charge in [0.15, 0.2) is 0 Å². The Labute approximate surface area is 117 Å². The number of carboxylic acids is 1. The minimum absolute atomic E-state index is 0.281. The molecule has 0 spiro atoms. The van der Waals surface area contributed by atoms with Gasteiger partial charge >= 0.3 is 0 Å². The molecule has 0 atom stereocenters. The zero-order chi connectivity index (χ0) is 15.5. The molecule has 112 valence electrons. The quantitative estimate of drug-likeness (QED) is 0.447. The summed E-state index contributed by atoms with van der Waals surface area (Å²) in [4.78, 5) is 10.1. The highest BCUT2D eigenvalue weighted by molar-refractivity contribution is 5.78. The lowest BCUT2D eigenvalue weighted by atomic mass is 10.1. The summed E-state index contributed by atoms with van der Waals surface area (Å²) in [6.45, 7) is 6.97. The molecule has 0 radical (unpaired) electrons. The van der Waals surface area contributed by atoms with Gasteiger partial charge in [-0.15, -0.1) is 0 Å². The van der Waals surface area contributed by atoms with Crippen molar-refractivity contribution in [3.05, 3.63) is 23.3 Å². The summed E-state index contributed by atoms with van der Waals surface area (Å²) in [6.07, 6.45) is 4.93. The summed E-state index contributed by atoms with van der Waals surface area (Å²) < 4.78 is 0.844. The first-order valence-electron chi connectivity index (χ1n) is 6.51.